The van der Waals surface area contributed by atoms with Crippen LogP contribution in [0.1, 0.15) is 76.8 Å². The summed E-state index contributed by atoms with van der Waals surface area (Å²) in [5.74, 6) is 0.740. The first kappa shape index (κ1) is 17.3. The molecule has 0 bridgehead atoms. The molecule has 23 heavy (non-hydrogen) atoms. The van der Waals surface area contributed by atoms with Crippen LogP contribution in [0.3, 0.4) is 0 Å². The Hall–Kier alpha value is -0.540. The summed E-state index contributed by atoms with van der Waals surface area (Å²) in [6.45, 7) is 7.12. The largest absolute Gasteiger partial charge is 0.296 e. The fourth-order valence-corrected chi connectivity index (χ4v) is 5.24. The van der Waals surface area contributed by atoms with Gasteiger partial charge in [-0.2, -0.15) is 0 Å². The van der Waals surface area contributed by atoms with Gasteiger partial charge in [0.15, 0.2) is 0 Å². The van der Waals surface area contributed by atoms with Crippen molar-refractivity contribution in [3.05, 3.63) is 23.9 Å². The SMILES string of the molecule is CC(C)CN1CCCCC1c1ccc(SC2CCCCC2)nc1. The van der Waals surface area contributed by atoms with Gasteiger partial charge >= 0.3 is 0 Å². The van der Waals surface area contributed by atoms with Crippen LogP contribution >= 0.6 is 11.8 Å². The lowest BCUT2D eigenvalue weighted by Crippen LogP contribution is -2.36. The van der Waals surface area contributed by atoms with Crippen LogP contribution in [0.15, 0.2) is 23.4 Å². The highest BCUT2D eigenvalue weighted by Gasteiger charge is 2.24. The Bertz CT molecular complexity index is 465. The van der Waals surface area contributed by atoms with Crippen LogP contribution in [0.5, 0.6) is 0 Å². The number of piperidine rings is 1. The quantitative estimate of drug-likeness (QED) is 0.689. The highest BCUT2D eigenvalue weighted by molar-refractivity contribution is 7.99. The van der Waals surface area contributed by atoms with Crippen LogP contribution in [-0.2, 0) is 0 Å². The zero-order valence-corrected chi connectivity index (χ0v) is 15.7. The number of nitrogens with zero attached hydrogens (tertiary/aromatic N) is 2. The molecule has 2 fully saturated rings. The smallest absolute Gasteiger partial charge is 0.0962 e. The molecule has 1 unspecified atom stereocenters. The van der Waals surface area contributed by atoms with E-state index in [9.17, 15) is 0 Å². The van der Waals surface area contributed by atoms with Crippen molar-refractivity contribution < 1.29 is 0 Å². The second-order valence-electron chi connectivity index (χ2n) is 7.71. The van der Waals surface area contributed by atoms with E-state index in [1.807, 2.05) is 11.8 Å². The number of likely N-dealkylation sites (tertiary alicyclic amines) is 1. The van der Waals surface area contributed by atoms with E-state index in [2.05, 4.69) is 37.1 Å². The molecule has 1 aromatic heterocycles. The topological polar surface area (TPSA) is 16.1 Å². The van der Waals surface area contributed by atoms with Gasteiger partial charge < -0.3 is 0 Å². The van der Waals surface area contributed by atoms with Crippen LogP contribution in [0.4, 0.5) is 0 Å². The van der Waals surface area contributed by atoms with E-state index in [0.29, 0.717) is 6.04 Å². The van der Waals surface area contributed by atoms with Crippen LogP contribution in [0.25, 0.3) is 0 Å². The van der Waals surface area contributed by atoms with Gasteiger partial charge in [0.05, 0.1) is 5.03 Å². The molecule has 1 saturated carbocycles. The van der Waals surface area contributed by atoms with Crippen LogP contribution in [0.2, 0.25) is 0 Å². The van der Waals surface area contributed by atoms with E-state index in [0.717, 1.165) is 11.2 Å². The van der Waals surface area contributed by atoms with Crippen LogP contribution < -0.4 is 0 Å². The van der Waals surface area contributed by atoms with Crippen molar-refractivity contribution in [1.29, 1.82) is 0 Å². The van der Waals surface area contributed by atoms with Crippen molar-refractivity contribution in [3.8, 4) is 0 Å². The van der Waals surface area contributed by atoms with Gasteiger partial charge in [-0.15, -0.1) is 11.8 Å². The maximum atomic E-state index is 4.80. The summed E-state index contributed by atoms with van der Waals surface area (Å²) < 4.78 is 0. The molecule has 2 heterocycles. The minimum atomic E-state index is 0.590. The summed E-state index contributed by atoms with van der Waals surface area (Å²) >= 11 is 2.01. The Morgan fingerprint density at radius 2 is 1.87 bits per heavy atom. The second kappa shape index (κ2) is 8.53. The third-order valence-electron chi connectivity index (χ3n) is 5.20. The average molecular weight is 333 g/mol. The normalized spacial score (nSPS) is 24.2. The van der Waals surface area contributed by atoms with Gasteiger partial charge in [0.2, 0.25) is 0 Å². The number of pyridine rings is 1. The lowest BCUT2D eigenvalue weighted by molar-refractivity contribution is 0.132. The molecule has 1 atom stereocenters. The molecule has 1 aliphatic heterocycles. The summed E-state index contributed by atoms with van der Waals surface area (Å²) in [5.41, 5.74) is 1.43. The van der Waals surface area contributed by atoms with E-state index in [1.54, 1.807) is 0 Å². The van der Waals surface area contributed by atoms with Gasteiger partial charge in [-0.25, -0.2) is 4.98 Å². The molecule has 3 rings (SSSR count). The lowest BCUT2D eigenvalue weighted by Gasteiger charge is -2.37. The van der Waals surface area contributed by atoms with Gasteiger partial charge in [-0.3, -0.25) is 4.90 Å². The number of aromatic nitrogens is 1. The fourth-order valence-electron chi connectivity index (χ4n) is 4.07. The number of rotatable bonds is 5. The average Bonchev–Trinajstić information content (AvgIpc) is 2.57. The Morgan fingerprint density at radius 3 is 2.57 bits per heavy atom. The van der Waals surface area contributed by atoms with Crippen LogP contribution in [-0.4, -0.2) is 28.2 Å². The molecule has 0 amide bonds. The third kappa shape index (κ3) is 4.96. The van der Waals surface area contributed by atoms with E-state index in [1.165, 1.54) is 75.0 Å². The van der Waals surface area contributed by atoms with E-state index in [4.69, 9.17) is 4.98 Å². The van der Waals surface area contributed by atoms with Crippen LogP contribution in [0, 0.1) is 5.92 Å². The van der Waals surface area contributed by atoms with Gasteiger partial charge in [-0.05, 0) is 49.8 Å². The molecule has 1 aliphatic carbocycles. The molecule has 128 valence electrons. The van der Waals surface area contributed by atoms with Gasteiger partial charge in [-0.1, -0.05) is 45.6 Å². The Labute approximate surface area is 146 Å². The zero-order valence-electron chi connectivity index (χ0n) is 14.8. The minimum Gasteiger partial charge on any atom is -0.296 e. The van der Waals surface area contributed by atoms with Crippen molar-refractivity contribution >= 4 is 11.8 Å². The highest BCUT2D eigenvalue weighted by Crippen LogP contribution is 2.35. The molecule has 0 spiro atoms. The number of hydrogen-bond acceptors (Lipinski definition) is 3. The molecule has 3 heteroatoms. The van der Waals surface area contributed by atoms with Gasteiger partial charge in [0.1, 0.15) is 0 Å². The first-order valence-corrected chi connectivity index (χ1v) is 10.5. The molecule has 0 radical (unpaired) electrons. The monoisotopic (exact) mass is 332 g/mol. The second-order valence-corrected chi connectivity index (χ2v) is 9.03. The maximum Gasteiger partial charge on any atom is 0.0962 e. The molecule has 1 saturated heterocycles. The maximum absolute atomic E-state index is 4.80. The summed E-state index contributed by atoms with van der Waals surface area (Å²) in [5, 5.41) is 2.03. The molecule has 1 aromatic rings. The van der Waals surface area contributed by atoms with Gasteiger partial charge in [0, 0.05) is 24.0 Å². The third-order valence-corrected chi connectivity index (χ3v) is 6.48. The molecule has 2 aliphatic rings. The molecule has 2 nitrogen and oxygen atoms in total. The summed E-state index contributed by atoms with van der Waals surface area (Å²) in [6.07, 6.45) is 13.2. The Kier molecular flexibility index (Phi) is 6.41. The first-order chi connectivity index (χ1) is 11.2. The summed E-state index contributed by atoms with van der Waals surface area (Å²) in [6, 6.07) is 5.21. The lowest BCUT2D eigenvalue weighted by atomic mass is 9.95. The minimum absolute atomic E-state index is 0.590. The fraction of sp³-hybridized carbons (Fsp3) is 0.750. The molecule has 0 N–H and O–H groups in total. The molecule has 0 aromatic carbocycles. The number of thioether (sulfide) groups is 1. The standard InChI is InChI=1S/C20H32N2S/c1-16(2)15-22-13-7-6-10-19(22)17-11-12-20(21-14-17)23-18-8-4-3-5-9-18/h11-12,14,16,18-19H,3-10,13,15H2,1-2H3. The summed E-state index contributed by atoms with van der Waals surface area (Å²) in [7, 11) is 0. The van der Waals surface area contributed by atoms with Crippen molar-refractivity contribution in [2.75, 3.05) is 13.1 Å². The molecular formula is C20H32N2S. The Morgan fingerprint density at radius 1 is 1.09 bits per heavy atom. The van der Waals surface area contributed by atoms with E-state index >= 15 is 0 Å². The summed E-state index contributed by atoms with van der Waals surface area (Å²) in [4.78, 5) is 7.48. The Balaban J connectivity index is 1.62. The van der Waals surface area contributed by atoms with Crippen molar-refractivity contribution in [2.24, 2.45) is 5.92 Å². The van der Waals surface area contributed by atoms with Gasteiger partial charge in [0.25, 0.3) is 0 Å². The predicted molar refractivity (Wildman–Crippen MR) is 100.0 cm³/mol. The predicted octanol–water partition coefficient (Wildman–Crippen LogP) is 5.69. The van der Waals surface area contributed by atoms with E-state index < -0.39 is 0 Å². The molecular weight excluding hydrogens is 300 g/mol. The first-order valence-electron chi connectivity index (χ1n) is 9.59. The zero-order chi connectivity index (χ0) is 16.1. The van der Waals surface area contributed by atoms with Crippen molar-refractivity contribution in [1.82, 2.24) is 9.88 Å². The highest BCUT2D eigenvalue weighted by atomic mass is 32.2. The number of hydrogen-bond donors (Lipinski definition) is 0. The van der Waals surface area contributed by atoms with Crippen molar-refractivity contribution in [2.45, 2.75) is 81.5 Å². The van der Waals surface area contributed by atoms with Crippen molar-refractivity contribution in [3.63, 3.8) is 0 Å². The van der Waals surface area contributed by atoms with E-state index in [-0.39, 0.29) is 0 Å².